The van der Waals surface area contributed by atoms with E-state index in [9.17, 15) is 29.2 Å². The van der Waals surface area contributed by atoms with Crippen molar-refractivity contribution in [1.29, 1.82) is 0 Å². The molecule has 75 heavy (non-hydrogen) atoms. The summed E-state index contributed by atoms with van der Waals surface area (Å²) in [6, 6.07) is 3.12. The molecular formula is C52H82FN6O14PS. The number of fused-ring (bicyclic) bond motifs is 5. The van der Waals surface area contributed by atoms with Gasteiger partial charge >= 0.3 is 13.7 Å². The van der Waals surface area contributed by atoms with Crippen molar-refractivity contribution >= 4 is 54.0 Å². The van der Waals surface area contributed by atoms with Crippen LogP contribution < -0.4 is 5.09 Å². The Balaban J connectivity index is 1.54. The number of nitrogens with zero attached hydrogens (tertiary/aromatic N) is 5. The lowest BCUT2D eigenvalue weighted by Gasteiger charge is -2.47. The standard InChI is InChI=1S/C52H82FN6O14PS/c1-14-18-22-69-74(65,70-23-19-15-2)58-40-30-75-47(55-40)35-20-21-36(54-26-35)29-68-57-37-27-66-46-33(7)42(56-41(60)17-4)31(5)25-50(9,67-28-37)45(73-48-43(61)38(59(12)13)24-32(6)71-48)34(8)44(62)51(10,53)49(63)72-39(16-3)52(46,11)64/h20-21,26,30-34,38-39,43,45-46,48,61,64H,14-19,22-25,27-29H2,1-13H3,(H,58,65)/b56-42+,57-37+/t31-,32-,33+,34+,38+,39-,43-,45-,46-,48+,50-,51+,52-/m1/s1. The number of aromatic nitrogens is 2. The second-order valence-electron chi connectivity index (χ2n) is 20.8. The van der Waals surface area contributed by atoms with Crippen molar-refractivity contribution in [3.8, 4) is 10.6 Å². The molecule has 0 saturated carbocycles. The molecule has 5 heterocycles. The predicted molar refractivity (Wildman–Crippen MR) is 282 cm³/mol. The van der Waals surface area contributed by atoms with E-state index in [1.54, 1.807) is 45.3 Å². The van der Waals surface area contributed by atoms with E-state index >= 15 is 4.39 Å². The predicted octanol–water partition coefficient (Wildman–Crippen LogP) is 8.28. The first kappa shape index (κ1) is 62.2. The minimum absolute atomic E-state index is 0.0235. The summed E-state index contributed by atoms with van der Waals surface area (Å²) in [5, 5.41) is 34.0. The van der Waals surface area contributed by atoms with Crippen molar-refractivity contribution < 1.29 is 71.1 Å². The zero-order valence-corrected chi connectivity index (χ0v) is 47.7. The number of unbranched alkanes of at least 4 members (excludes halogenated alkanes) is 2. The number of carbonyl (C=O) groups excluding carboxylic acids is 3. The van der Waals surface area contributed by atoms with Gasteiger partial charge in [-0.05, 0) is 91.9 Å². The molecule has 3 fully saturated rings. The van der Waals surface area contributed by atoms with Gasteiger partial charge in [0.15, 0.2) is 18.7 Å². The molecule has 13 atom stereocenters. The van der Waals surface area contributed by atoms with Crippen LogP contribution in [-0.4, -0.2) is 154 Å². The summed E-state index contributed by atoms with van der Waals surface area (Å²) in [6.07, 6.45) is -1.88. The summed E-state index contributed by atoms with van der Waals surface area (Å²) in [7, 11) is -0.0423. The van der Waals surface area contributed by atoms with Crippen molar-refractivity contribution in [3.63, 3.8) is 0 Å². The number of aliphatic hydroxyl groups is 2. The van der Waals surface area contributed by atoms with Crippen LogP contribution in [-0.2, 0) is 63.1 Å². The molecular weight excluding hydrogens is 1010 g/mol. The van der Waals surface area contributed by atoms with Crippen LogP contribution in [0.4, 0.5) is 10.2 Å². The van der Waals surface area contributed by atoms with Gasteiger partial charge in [0.2, 0.25) is 5.91 Å². The van der Waals surface area contributed by atoms with Crippen molar-refractivity contribution in [2.45, 2.75) is 194 Å². The topological polar surface area (TPSA) is 248 Å². The first-order chi connectivity index (χ1) is 35.3. The number of hydrogen-bond acceptors (Lipinski definition) is 19. The van der Waals surface area contributed by atoms with Gasteiger partial charge in [0.1, 0.15) is 34.3 Å². The number of rotatable bonds is 19. The highest BCUT2D eigenvalue weighted by Crippen LogP contribution is 2.49. The molecule has 1 amide bonds. The number of nitrogens with one attached hydrogen (secondary N) is 1. The molecule has 0 radical (unpaired) electrons. The van der Waals surface area contributed by atoms with Gasteiger partial charge in [0, 0.05) is 47.2 Å². The molecule has 2 bridgehead atoms. The van der Waals surface area contributed by atoms with Gasteiger partial charge in [-0.3, -0.25) is 28.7 Å². The van der Waals surface area contributed by atoms with E-state index in [1.807, 2.05) is 52.8 Å². The summed E-state index contributed by atoms with van der Waals surface area (Å²) in [4.78, 5) is 63.4. The van der Waals surface area contributed by atoms with E-state index in [0.29, 0.717) is 34.2 Å². The Morgan fingerprint density at radius 2 is 1.71 bits per heavy atom. The molecule has 0 unspecified atom stereocenters. The fourth-order valence-corrected chi connectivity index (χ4v) is 12.0. The van der Waals surface area contributed by atoms with Gasteiger partial charge in [-0.25, -0.2) is 23.7 Å². The van der Waals surface area contributed by atoms with Crippen LogP contribution in [0.15, 0.2) is 33.9 Å². The molecule has 0 aromatic carbocycles. The number of oxime groups is 1. The summed E-state index contributed by atoms with van der Waals surface area (Å²) in [6.45, 7) is 17.8. The zero-order chi connectivity index (χ0) is 55.5. The minimum atomic E-state index is -3.67. The number of thiazole rings is 1. The van der Waals surface area contributed by atoms with Crippen LogP contribution >= 0.6 is 19.1 Å². The molecule has 2 aromatic rings. The quantitative estimate of drug-likeness (QED) is 0.0394. The van der Waals surface area contributed by atoms with E-state index in [1.165, 1.54) is 25.2 Å². The Bertz CT molecular complexity index is 2310. The van der Waals surface area contributed by atoms with E-state index < -0.39 is 103 Å². The van der Waals surface area contributed by atoms with Gasteiger partial charge in [-0.1, -0.05) is 66.5 Å². The largest absolute Gasteiger partial charge is 0.457 e. The maximum absolute atomic E-state index is 17.1. The summed E-state index contributed by atoms with van der Waals surface area (Å²) >= 11 is 1.32. The molecule has 2 aromatic heterocycles. The van der Waals surface area contributed by atoms with Crippen molar-refractivity contribution in [1.82, 2.24) is 14.9 Å². The number of anilines is 1. The Labute approximate surface area is 445 Å². The lowest BCUT2D eigenvalue weighted by molar-refractivity contribution is -0.296. The summed E-state index contributed by atoms with van der Waals surface area (Å²) in [5.74, 6) is -5.82. The van der Waals surface area contributed by atoms with Gasteiger partial charge in [-0.15, -0.1) is 11.3 Å². The fourth-order valence-electron chi connectivity index (χ4n) is 9.83. The molecule has 23 heteroatoms. The van der Waals surface area contributed by atoms with Crippen molar-refractivity contribution in [3.05, 3.63) is 29.4 Å². The van der Waals surface area contributed by atoms with E-state index in [0.717, 1.165) is 32.6 Å². The number of cyclic esters (lactones) is 1. The molecule has 20 nitrogen and oxygen atoms in total. The van der Waals surface area contributed by atoms with E-state index in [4.69, 9.17) is 37.6 Å². The maximum atomic E-state index is 17.1. The first-order valence-electron chi connectivity index (χ1n) is 26.3. The number of aliphatic imine (C=N–C) groups is 1. The Morgan fingerprint density at radius 1 is 1.03 bits per heavy atom. The highest BCUT2D eigenvalue weighted by molar-refractivity contribution is 7.55. The second kappa shape index (κ2) is 27.3. The lowest BCUT2D eigenvalue weighted by atomic mass is 9.73. The average Bonchev–Trinajstić information content (AvgIpc) is 3.82. The average molecular weight is 1100 g/mol. The Hall–Kier alpha value is -3.67. The van der Waals surface area contributed by atoms with Gasteiger partial charge in [-0.2, -0.15) is 0 Å². The third-order valence-corrected chi connectivity index (χ3v) is 16.6. The Kier molecular flexibility index (Phi) is 22.6. The highest BCUT2D eigenvalue weighted by Gasteiger charge is 2.57. The first-order valence-corrected chi connectivity index (χ1v) is 28.7. The van der Waals surface area contributed by atoms with Gasteiger partial charge in [0.05, 0.1) is 56.0 Å². The summed E-state index contributed by atoms with van der Waals surface area (Å²) in [5.41, 5.74) is -5.30. The van der Waals surface area contributed by atoms with E-state index in [-0.39, 0.29) is 58.0 Å². The van der Waals surface area contributed by atoms with Crippen LogP contribution in [0.5, 0.6) is 0 Å². The number of carbonyl (C=O) groups is 3. The molecule has 3 saturated heterocycles. The van der Waals surface area contributed by atoms with E-state index in [2.05, 4.69) is 25.2 Å². The number of ketones is 1. The highest BCUT2D eigenvalue weighted by atomic mass is 32.1. The molecule has 0 aliphatic carbocycles. The van der Waals surface area contributed by atoms with Crippen molar-refractivity contribution in [2.75, 3.05) is 45.6 Å². The Morgan fingerprint density at radius 3 is 2.31 bits per heavy atom. The van der Waals surface area contributed by atoms with Crippen LogP contribution in [0.2, 0.25) is 0 Å². The number of aliphatic hydroxyl groups excluding tert-OH is 1. The van der Waals surface area contributed by atoms with Crippen LogP contribution in [0.25, 0.3) is 10.6 Å². The number of halogens is 1. The van der Waals surface area contributed by atoms with Crippen LogP contribution in [0.3, 0.4) is 0 Å². The second-order valence-corrected chi connectivity index (χ2v) is 23.4. The normalized spacial score (nSPS) is 33.7. The van der Waals surface area contributed by atoms with Gasteiger partial charge in [0.25, 0.3) is 5.67 Å². The molecule has 3 N–H and O–H groups in total. The number of alkyl halides is 1. The third-order valence-electron chi connectivity index (χ3n) is 14.2. The summed E-state index contributed by atoms with van der Waals surface area (Å²) < 4.78 is 74.1. The number of hydrogen-bond donors (Lipinski definition) is 3. The lowest BCUT2D eigenvalue weighted by Crippen LogP contribution is -2.61. The maximum Gasteiger partial charge on any atom is 0.433 e. The van der Waals surface area contributed by atoms with Crippen molar-refractivity contribution in [2.24, 2.45) is 27.9 Å². The fraction of sp³-hybridized carbons (Fsp3) is 0.750. The van der Waals surface area contributed by atoms with Crippen LogP contribution in [0, 0.1) is 17.8 Å². The number of esters is 1. The number of pyridine rings is 1. The minimum Gasteiger partial charge on any atom is -0.457 e. The number of likely N-dealkylation sites (N-methyl/N-ethyl adjacent to an activating group) is 1. The molecule has 3 aliphatic rings. The van der Waals surface area contributed by atoms with Gasteiger partial charge < -0.3 is 43.6 Å². The number of ether oxygens (including phenoxy) is 5. The third kappa shape index (κ3) is 15.8. The smallest absolute Gasteiger partial charge is 0.433 e. The molecule has 3 aliphatic heterocycles. The SMILES string of the molecule is CCCCOP(=O)(Nc1csc(-c2ccc(CO/N=C3\CO[C@@H]4[C@@H](C)/C(=N/C(=O)CC)[C@H](C)C[C@@](C)(OC3)[C@H](O[C@@H]3O[C@H](C)C[C@H](N(C)C)[C@H]3O)[C@@H](C)C(=O)[C@](C)(F)C(=O)O[C@H](CC)[C@@]4(C)O)nc2)n1)OCCCC. The molecule has 5 rings (SSSR count). The van der Waals surface area contributed by atoms with Crippen LogP contribution in [0.1, 0.15) is 133 Å². The number of Topliss-reactive ketones (excluding diaryl/α,β-unsaturated/α-hetero) is 1. The number of amides is 1. The molecule has 422 valence electrons. The monoisotopic (exact) mass is 1100 g/mol. The zero-order valence-electron chi connectivity index (χ0n) is 46.0. The molecule has 0 spiro atoms.